The minimum atomic E-state index is -1.02. The lowest BCUT2D eigenvalue weighted by atomic mass is 9.64. The molecule has 2 fully saturated rings. The molecule has 2 aliphatic rings. The highest BCUT2D eigenvalue weighted by Crippen LogP contribution is 2.46. The first-order valence-corrected chi connectivity index (χ1v) is 10.8. The number of methoxy groups -OCH3 is 1. The van der Waals surface area contributed by atoms with E-state index in [4.69, 9.17) is 9.47 Å². The predicted molar refractivity (Wildman–Crippen MR) is 118 cm³/mol. The number of nitrogens with zero attached hydrogens (tertiary/aromatic N) is 1. The Balaban J connectivity index is 1.63. The van der Waals surface area contributed by atoms with Gasteiger partial charge in [-0.2, -0.15) is 0 Å². The lowest BCUT2D eigenvalue weighted by Gasteiger charge is -2.43. The first-order chi connectivity index (χ1) is 14.6. The number of hydrogen-bond acceptors (Lipinski definition) is 5. The molecule has 1 heterocycles. The summed E-state index contributed by atoms with van der Waals surface area (Å²) in [5, 5.41) is 13.4. The van der Waals surface area contributed by atoms with Crippen LogP contribution < -0.4 is 14.8 Å². The highest BCUT2D eigenvalue weighted by atomic mass is 16.5. The molecule has 7 nitrogen and oxygen atoms in total. The number of hydrogen-bond donors (Lipinski definition) is 2. The maximum absolute atomic E-state index is 13.2. The molecule has 7 heteroatoms. The minimum absolute atomic E-state index is 0.0351. The van der Waals surface area contributed by atoms with Gasteiger partial charge < -0.3 is 19.9 Å². The van der Waals surface area contributed by atoms with Gasteiger partial charge >= 0.3 is 6.03 Å². The fourth-order valence-corrected chi connectivity index (χ4v) is 5.25. The third-order valence-electron chi connectivity index (χ3n) is 6.06. The van der Waals surface area contributed by atoms with Crippen LogP contribution in [0.3, 0.4) is 0 Å². The summed E-state index contributed by atoms with van der Waals surface area (Å²) in [6.07, 6.45) is 3.74. The highest BCUT2D eigenvalue weighted by molar-refractivity contribution is 6.07. The van der Waals surface area contributed by atoms with Gasteiger partial charge in [-0.05, 0) is 54.7 Å². The van der Waals surface area contributed by atoms with Crippen LogP contribution in [0.25, 0.3) is 0 Å². The van der Waals surface area contributed by atoms with E-state index in [9.17, 15) is 14.7 Å². The van der Waals surface area contributed by atoms with Crippen LogP contribution in [-0.4, -0.2) is 53.8 Å². The molecule has 2 N–H and O–H groups in total. The largest absolute Gasteiger partial charge is 0.493 e. The second-order valence-corrected chi connectivity index (χ2v) is 9.73. The molecule has 31 heavy (non-hydrogen) atoms. The number of amides is 3. The third kappa shape index (κ3) is 5.03. The van der Waals surface area contributed by atoms with E-state index in [1.807, 2.05) is 12.1 Å². The van der Waals surface area contributed by atoms with Crippen molar-refractivity contribution in [2.45, 2.75) is 58.1 Å². The van der Waals surface area contributed by atoms with Crippen LogP contribution in [0.1, 0.15) is 45.6 Å². The van der Waals surface area contributed by atoms with Crippen LogP contribution >= 0.6 is 0 Å². The maximum Gasteiger partial charge on any atom is 0.325 e. The van der Waals surface area contributed by atoms with Crippen molar-refractivity contribution in [2.24, 2.45) is 11.3 Å². The van der Waals surface area contributed by atoms with Crippen molar-refractivity contribution in [1.82, 2.24) is 10.2 Å². The number of ether oxygens (including phenoxy) is 2. The second-order valence-electron chi connectivity index (χ2n) is 9.73. The molecule has 3 amide bonds. The van der Waals surface area contributed by atoms with Gasteiger partial charge in [0.25, 0.3) is 5.91 Å². The van der Waals surface area contributed by atoms with Gasteiger partial charge in [0.15, 0.2) is 11.5 Å². The van der Waals surface area contributed by atoms with Gasteiger partial charge in [-0.1, -0.05) is 32.9 Å². The van der Waals surface area contributed by atoms with Gasteiger partial charge in [0.05, 0.1) is 13.7 Å². The average Bonchev–Trinajstić information content (AvgIpc) is 2.88. The van der Waals surface area contributed by atoms with E-state index in [1.165, 1.54) is 0 Å². The van der Waals surface area contributed by atoms with Crippen LogP contribution in [0.4, 0.5) is 4.79 Å². The molecule has 1 aromatic carbocycles. The molecular weight excluding hydrogens is 396 g/mol. The topological polar surface area (TPSA) is 88.1 Å². The molecule has 1 saturated carbocycles. The van der Waals surface area contributed by atoms with Crippen molar-refractivity contribution < 1.29 is 24.2 Å². The molecule has 0 bridgehead atoms. The predicted octanol–water partition coefficient (Wildman–Crippen LogP) is 3.30. The van der Waals surface area contributed by atoms with Gasteiger partial charge in [0.2, 0.25) is 0 Å². The Morgan fingerprint density at radius 1 is 1.32 bits per heavy atom. The summed E-state index contributed by atoms with van der Waals surface area (Å²) in [5.41, 5.74) is 0.129. The Labute approximate surface area is 184 Å². The zero-order chi connectivity index (χ0) is 22.8. The summed E-state index contributed by atoms with van der Waals surface area (Å²) in [7, 11) is 1.55. The Hall–Kier alpha value is -2.54. The van der Waals surface area contributed by atoms with Gasteiger partial charge in [-0.3, -0.25) is 9.69 Å². The number of aliphatic hydroxyl groups excluding tert-OH is 1. The van der Waals surface area contributed by atoms with Crippen LogP contribution in [0, 0.1) is 11.3 Å². The summed E-state index contributed by atoms with van der Waals surface area (Å²) >= 11 is 0. The molecule has 1 aliphatic heterocycles. The number of aliphatic hydroxyl groups is 1. The Morgan fingerprint density at radius 2 is 2.06 bits per heavy atom. The van der Waals surface area contributed by atoms with Gasteiger partial charge in [0, 0.05) is 0 Å². The van der Waals surface area contributed by atoms with Crippen molar-refractivity contribution in [3.05, 3.63) is 36.4 Å². The normalized spacial score (nSPS) is 26.0. The van der Waals surface area contributed by atoms with E-state index < -0.39 is 17.7 Å². The molecule has 1 aromatic rings. The summed E-state index contributed by atoms with van der Waals surface area (Å²) in [6, 6.07) is 5.09. The zero-order valence-electron chi connectivity index (χ0n) is 18.9. The number of nitrogens with one attached hydrogen (secondary N) is 1. The summed E-state index contributed by atoms with van der Waals surface area (Å²) < 4.78 is 11.1. The monoisotopic (exact) mass is 430 g/mol. The zero-order valence-corrected chi connectivity index (χ0v) is 18.9. The lowest BCUT2D eigenvalue weighted by molar-refractivity contribution is -0.135. The molecule has 3 rings (SSSR count). The van der Waals surface area contributed by atoms with Crippen LogP contribution in [0.2, 0.25) is 0 Å². The number of allylic oxidation sites excluding steroid dienone is 1. The maximum atomic E-state index is 13.2. The van der Waals surface area contributed by atoms with Gasteiger partial charge in [0.1, 0.15) is 18.2 Å². The lowest BCUT2D eigenvalue weighted by Crippen LogP contribution is -2.54. The van der Waals surface area contributed by atoms with Crippen LogP contribution in [-0.2, 0) is 11.2 Å². The average molecular weight is 431 g/mol. The van der Waals surface area contributed by atoms with Crippen molar-refractivity contribution >= 4 is 11.9 Å². The van der Waals surface area contributed by atoms with Gasteiger partial charge in [-0.15, -0.1) is 6.58 Å². The summed E-state index contributed by atoms with van der Waals surface area (Å²) in [6.45, 7) is 9.92. The molecule has 0 aromatic heterocycles. The fraction of sp³-hybridized carbons (Fsp3) is 0.583. The fourth-order valence-electron chi connectivity index (χ4n) is 5.25. The number of carbonyl (C=O) groups is 2. The van der Waals surface area contributed by atoms with E-state index in [-0.39, 0.29) is 24.5 Å². The molecule has 0 unspecified atom stereocenters. The Morgan fingerprint density at radius 3 is 2.71 bits per heavy atom. The molecule has 1 saturated heterocycles. The molecule has 1 spiro atoms. The van der Waals surface area contributed by atoms with E-state index in [2.05, 4.69) is 32.7 Å². The number of carbonyl (C=O) groups excluding carboxylic acids is 2. The van der Waals surface area contributed by atoms with E-state index in [0.29, 0.717) is 36.7 Å². The van der Waals surface area contributed by atoms with Crippen molar-refractivity contribution in [1.29, 1.82) is 0 Å². The molecule has 3 atom stereocenters. The number of urea groups is 1. The van der Waals surface area contributed by atoms with E-state index in [1.54, 1.807) is 19.3 Å². The Bertz CT molecular complexity index is 852. The van der Waals surface area contributed by atoms with Crippen LogP contribution in [0.15, 0.2) is 30.9 Å². The molecular formula is C24H34N2O5. The number of imide groups is 1. The summed E-state index contributed by atoms with van der Waals surface area (Å²) in [5.74, 6) is 1.13. The van der Waals surface area contributed by atoms with E-state index in [0.717, 1.165) is 16.9 Å². The number of β-amino-alcohol motifs (C(OH)–C–C–N with tert-alkyl or cyclic N) is 1. The summed E-state index contributed by atoms with van der Waals surface area (Å²) in [4.78, 5) is 26.9. The standard InChI is InChI=1S/C24H34N2O5/c1-6-7-17-8-9-19(20(10-17)30-5)31-14-18(27)13-26-21(28)24(25-22(26)29)12-16(2)11-23(3,4)15-24/h6,8-10,16,18,27H,1,7,11-15H2,2-5H3,(H,25,29)/t16-,18+,24-/m0/s1. The molecule has 1 aliphatic carbocycles. The highest BCUT2D eigenvalue weighted by Gasteiger charge is 2.56. The first-order valence-electron chi connectivity index (χ1n) is 10.8. The molecule has 170 valence electrons. The Kier molecular flexibility index (Phi) is 6.65. The minimum Gasteiger partial charge on any atom is -0.493 e. The smallest absolute Gasteiger partial charge is 0.325 e. The van der Waals surface area contributed by atoms with Gasteiger partial charge in [-0.25, -0.2) is 4.79 Å². The third-order valence-corrected chi connectivity index (χ3v) is 6.06. The molecule has 0 radical (unpaired) electrons. The van der Waals surface area contributed by atoms with Crippen molar-refractivity contribution in [3.63, 3.8) is 0 Å². The quantitative estimate of drug-likeness (QED) is 0.488. The van der Waals surface area contributed by atoms with E-state index >= 15 is 0 Å². The second kappa shape index (κ2) is 8.91. The van der Waals surface area contributed by atoms with Crippen molar-refractivity contribution in [2.75, 3.05) is 20.3 Å². The van der Waals surface area contributed by atoms with Crippen LogP contribution in [0.5, 0.6) is 11.5 Å². The number of benzene rings is 1. The first kappa shape index (κ1) is 23.1. The van der Waals surface area contributed by atoms with Crippen molar-refractivity contribution in [3.8, 4) is 11.5 Å². The SMILES string of the molecule is C=CCc1ccc(OC[C@H](O)CN2C(=O)N[C@]3(C[C@@H](C)CC(C)(C)C3)C2=O)c(OC)c1. The number of rotatable bonds is 8.